The second-order valence-electron chi connectivity index (χ2n) is 7.61. The lowest BCUT2D eigenvalue weighted by atomic mass is 10.2. The molecule has 0 aliphatic carbocycles. The first-order chi connectivity index (χ1) is 14.5. The molecular formula is C23H28N2O4S. The van der Waals surface area contributed by atoms with Gasteiger partial charge in [-0.25, -0.2) is 0 Å². The highest BCUT2D eigenvalue weighted by atomic mass is 32.1. The van der Waals surface area contributed by atoms with Gasteiger partial charge in [-0.3, -0.25) is 10.1 Å². The minimum atomic E-state index is -0.278. The van der Waals surface area contributed by atoms with E-state index in [1.807, 2.05) is 24.3 Å². The Hall–Kier alpha value is -2.64. The van der Waals surface area contributed by atoms with Crippen LogP contribution in [-0.2, 0) is 4.74 Å². The fourth-order valence-electron chi connectivity index (χ4n) is 2.90. The summed E-state index contributed by atoms with van der Waals surface area (Å²) in [5, 5.41) is 5.92. The number of ether oxygens (including phenoxy) is 3. The first kappa shape index (κ1) is 22.1. The van der Waals surface area contributed by atoms with Crippen molar-refractivity contribution in [3.8, 4) is 11.5 Å². The molecule has 30 heavy (non-hydrogen) atoms. The van der Waals surface area contributed by atoms with E-state index >= 15 is 0 Å². The zero-order chi connectivity index (χ0) is 21.3. The van der Waals surface area contributed by atoms with E-state index < -0.39 is 0 Å². The number of anilines is 1. The largest absolute Gasteiger partial charge is 0.493 e. The maximum Gasteiger partial charge on any atom is 0.257 e. The van der Waals surface area contributed by atoms with E-state index in [0.717, 1.165) is 36.6 Å². The minimum Gasteiger partial charge on any atom is -0.493 e. The number of thiocarbonyl (C=S) groups is 1. The van der Waals surface area contributed by atoms with Crippen molar-refractivity contribution < 1.29 is 19.0 Å². The second kappa shape index (κ2) is 10.9. The molecule has 2 aromatic carbocycles. The third-order valence-corrected chi connectivity index (χ3v) is 4.70. The molecule has 0 bridgehead atoms. The van der Waals surface area contributed by atoms with Gasteiger partial charge >= 0.3 is 0 Å². The van der Waals surface area contributed by atoms with Crippen LogP contribution < -0.4 is 20.1 Å². The molecule has 0 saturated carbocycles. The van der Waals surface area contributed by atoms with Crippen molar-refractivity contribution in [1.29, 1.82) is 0 Å². The Kier molecular flexibility index (Phi) is 8.04. The minimum absolute atomic E-state index is 0.182. The lowest BCUT2D eigenvalue weighted by Gasteiger charge is -2.13. The van der Waals surface area contributed by atoms with Gasteiger partial charge in [-0.2, -0.15) is 0 Å². The Morgan fingerprint density at radius 3 is 2.40 bits per heavy atom. The molecule has 1 aliphatic heterocycles. The highest BCUT2D eigenvalue weighted by molar-refractivity contribution is 7.80. The van der Waals surface area contributed by atoms with Crippen molar-refractivity contribution in [1.82, 2.24) is 5.32 Å². The van der Waals surface area contributed by atoms with Crippen LogP contribution >= 0.6 is 12.2 Å². The van der Waals surface area contributed by atoms with Crippen molar-refractivity contribution in [2.24, 2.45) is 5.92 Å². The number of carbonyl (C=O) groups is 1. The molecule has 160 valence electrons. The second-order valence-corrected chi connectivity index (χ2v) is 8.02. The quantitative estimate of drug-likeness (QED) is 0.607. The molecule has 3 rings (SSSR count). The van der Waals surface area contributed by atoms with Crippen LogP contribution in [0.25, 0.3) is 0 Å². The standard InChI is InChI=1S/C23H28N2O4S/c1-16(2)14-28-19-9-5-17(6-10-19)22(26)25-23(30)24-18-7-11-20(12-8-18)29-15-21-4-3-13-27-21/h5-12,16,21H,3-4,13-15H2,1-2H3,(H2,24,25,26,30). The van der Waals surface area contributed by atoms with Gasteiger partial charge in [0.25, 0.3) is 5.91 Å². The van der Waals surface area contributed by atoms with Gasteiger partial charge in [-0.1, -0.05) is 13.8 Å². The van der Waals surface area contributed by atoms with E-state index in [0.29, 0.717) is 24.7 Å². The molecule has 0 spiro atoms. The Balaban J connectivity index is 1.44. The summed E-state index contributed by atoms with van der Waals surface area (Å²) in [6.45, 7) is 6.18. The number of benzene rings is 2. The van der Waals surface area contributed by atoms with Gasteiger partial charge in [0.1, 0.15) is 18.1 Å². The Bertz CT molecular complexity index is 831. The topological polar surface area (TPSA) is 68.8 Å². The summed E-state index contributed by atoms with van der Waals surface area (Å²) in [5.74, 6) is 1.67. The molecule has 1 aliphatic rings. The molecule has 1 unspecified atom stereocenters. The maximum absolute atomic E-state index is 12.4. The average Bonchev–Trinajstić information content (AvgIpc) is 3.25. The Morgan fingerprint density at radius 2 is 1.77 bits per heavy atom. The van der Waals surface area contributed by atoms with E-state index in [9.17, 15) is 4.79 Å². The van der Waals surface area contributed by atoms with Gasteiger partial charge in [0.05, 0.1) is 12.7 Å². The van der Waals surface area contributed by atoms with Crippen LogP contribution in [0.4, 0.5) is 5.69 Å². The molecule has 1 heterocycles. The number of amides is 1. The van der Waals surface area contributed by atoms with Crippen LogP contribution in [0.5, 0.6) is 11.5 Å². The highest BCUT2D eigenvalue weighted by Gasteiger charge is 2.16. The van der Waals surface area contributed by atoms with Gasteiger partial charge < -0.3 is 19.5 Å². The lowest BCUT2D eigenvalue weighted by Crippen LogP contribution is -2.34. The molecule has 1 fully saturated rings. The summed E-state index contributed by atoms with van der Waals surface area (Å²) >= 11 is 5.25. The predicted octanol–water partition coefficient (Wildman–Crippen LogP) is 4.41. The first-order valence-corrected chi connectivity index (χ1v) is 10.6. The van der Waals surface area contributed by atoms with Crippen LogP contribution in [0.3, 0.4) is 0 Å². The van der Waals surface area contributed by atoms with Crippen LogP contribution in [0, 0.1) is 5.92 Å². The smallest absolute Gasteiger partial charge is 0.257 e. The van der Waals surface area contributed by atoms with Crippen LogP contribution in [0.1, 0.15) is 37.0 Å². The fourth-order valence-corrected chi connectivity index (χ4v) is 3.11. The molecule has 2 aromatic rings. The fraction of sp³-hybridized carbons (Fsp3) is 0.391. The van der Waals surface area contributed by atoms with Crippen LogP contribution in [0.15, 0.2) is 48.5 Å². The van der Waals surface area contributed by atoms with Crippen molar-refractivity contribution in [3.63, 3.8) is 0 Å². The van der Waals surface area contributed by atoms with E-state index in [-0.39, 0.29) is 17.1 Å². The molecule has 7 heteroatoms. The van der Waals surface area contributed by atoms with Crippen molar-refractivity contribution >= 4 is 28.9 Å². The summed E-state index contributed by atoms with van der Waals surface area (Å²) in [7, 11) is 0. The SMILES string of the molecule is CC(C)COc1ccc(C(=O)NC(=S)Nc2ccc(OCC3CCCO3)cc2)cc1. The van der Waals surface area contributed by atoms with E-state index in [4.69, 9.17) is 26.4 Å². The summed E-state index contributed by atoms with van der Waals surface area (Å²) in [5.41, 5.74) is 1.27. The molecule has 0 aromatic heterocycles. The van der Waals surface area contributed by atoms with E-state index in [2.05, 4.69) is 24.5 Å². The highest BCUT2D eigenvalue weighted by Crippen LogP contribution is 2.18. The monoisotopic (exact) mass is 428 g/mol. The van der Waals surface area contributed by atoms with Gasteiger partial charge in [0.15, 0.2) is 5.11 Å². The average molecular weight is 429 g/mol. The predicted molar refractivity (Wildman–Crippen MR) is 121 cm³/mol. The maximum atomic E-state index is 12.4. The van der Waals surface area contributed by atoms with Crippen molar-refractivity contribution in [2.75, 3.05) is 25.1 Å². The summed E-state index contributed by atoms with van der Waals surface area (Å²) in [4.78, 5) is 12.4. The van der Waals surface area contributed by atoms with Crippen LogP contribution in [-0.4, -0.2) is 36.9 Å². The number of hydrogen-bond donors (Lipinski definition) is 2. The van der Waals surface area contributed by atoms with Crippen LogP contribution in [0.2, 0.25) is 0 Å². The molecule has 6 nitrogen and oxygen atoms in total. The molecule has 0 radical (unpaired) electrons. The Labute approximate surface area is 182 Å². The van der Waals surface area contributed by atoms with E-state index in [1.54, 1.807) is 24.3 Å². The third-order valence-electron chi connectivity index (χ3n) is 4.50. The lowest BCUT2D eigenvalue weighted by molar-refractivity contribution is 0.0679. The van der Waals surface area contributed by atoms with Gasteiger partial charge in [0, 0.05) is 17.9 Å². The number of nitrogens with one attached hydrogen (secondary N) is 2. The summed E-state index contributed by atoms with van der Waals surface area (Å²) < 4.78 is 16.9. The Morgan fingerprint density at radius 1 is 1.10 bits per heavy atom. The molecular weight excluding hydrogens is 400 g/mol. The molecule has 1 amide bonds. The molecule has 2 N–H and O–H groups in total. The van der Waals surface area contributed by atoms with Gasteiger partial charge in [-0.05, 0) is 79.5 Å². The summed E-state index contributed by atoms with van der Waals surface area (Å²) in [6, 6.07) is 14.4. The number of hydrogen-bond acceptors (Lipinski definition) is 5. The molecule has 1 saturated heterocycles. The third kappa shape index (κ3) is 7.00. The first-order valence-electron chi connectivity index (χ1n) is 10.2. The van der Waals surface area contributed by atoms with Gasteiger partial charge in [0.2, 0.25) is 0 Å². The van der Waals surface area contributed by atoms with E-state index in [1.165, 1.54) is 0 Å². The van der Waals surface area contributed by atoms with Crippen molar-refractivity contribution in [3.05, 3.63) is 54.1 Å². The zero-order valence-corrected chi connectivity index (χ0v) is 18.2. The van der Waals surface area contributed by atoms with Gasteiger partial charge in [-0.15, -0.1) is 0 Å². The summed E-state index contributed by atoms with van der Waals surface area (Å²) in [6.07, 6.45) is 2.32. The normalized spacial score (nSPS) is 15.6. The van der Waals surface area contributed by atoms with Crippen molar-refractivity contribution in [2.45, 2.75) is 32.8 Å². The zero-order valence-electron chi connectivity index (χ0n) is 17.4. The number of carbonyl (C=O) groups excluding carboxylic acids is 1. The molecule has 1 atom stereocenters. The number of rotatable bonds is 8.